The van der Waals surface area contributed by atoms with E-state index in [1.807, 2.05) is 35.9 Å². The molecule has 0 unspecified atom stereocenters. The van der Waals surface area contributed by atoms with Gasteiger partial charge in [0, 0.05) is 28.5 Å². The average Bonchev–Trinajstić information content (AvgIpc) is 3.49. The fourth-order valence-corrected chi connectivity index (χ4v) is 3.96. The van der Waals surface area contributed by atoms with Gasteiger partial charge in [0.15, 0.2) is 11.7 Å². The van der Waals surface area contributed by atoms with Gasteiger partial charge in [0.05, 0.1) is 12.1 Å². The van der Waals surface area contributed by atoms with Gasteiger partial charge in [-0.25, -0.2) is 19.4 Å². The fraction of sp³-hybridized carbons (Fsp3) is 0.190. The van der Waals surface area contributed by atoms with E-state index in [9.17, 15) is 9.59 Å². The molecule has 0 saturated carbocycles. The van der Waals surface area contributed by atoms with Crippen LogP contribution in [0.3, 0.4) is 0 Å². The van der Waals surface area contributed by atoms with E-state index in [2.05, 4.69) is 15.1 Å². The summed E-state index contributed by atoms with van der Waals surface area (Å²) in [7, 11) is 0. The van der Waals surface area contributed by atoms with E-state index in [0.29, 0.717) is 17.7 Å². The maximum Gasteiger partial charge on any atom is 0.338 e. The number of aryl methyl sites for hydroxylation is 1. The van der Waals surface area contributed by atoms with Crippen LogP contribution in [-0.2, 0) is 11.3 Å². The highest BCUT2D eigenvalue weighted by Crippen LogP contribution is 2.22. The molecule has 0 bridgehead atoms. The lowest BCUT2D eigenvalue weighted by Crippen LogP contribution is -2.15. The second kappa shape index (κ2) is 8.42. The number of nitrogens with zero attached hydrogens (tertiary/aromatic N) is 5. The van der Waals surface area contributed by atoms with Crippen LogP contribution in [0.1, 0.15) is 37.7 Å². The molecule has 0 fully saturated rings. The van der Waals surface area contributed by atoms with Gasteiger partial charge in [-0.3, -0.25) is 9.36 Å². The minimum absolute atomic E-state index is 0.248. The smallest absolute Gasteiger partial charge is 0.338 e. The second-order valence-electron chi connectivity index (χ2n) is 6.72. The largest absolute Gasteiger partial charge is 0.454 e. The summed E-state index contributed by atoms with van der Waals surface area (Å²) in [5.41, 5.74) is 3.57. The summed E-state index contributed by atoms with van der Waals surface area (Å²) in [6.07, 6.45) is 4.82. The van der Waals surface area contributed by atoms with Crippen molar-refractivity contribution in [3.05, 3.63) is 82.6 Å². The number of rotatable bonds is 7. The molecular weight excluding hydrogens is 402 g/mol. The van der Waals surface area contributed by atoms with Crippen molar-refractivity contribution in [2.75, 3.05) is 6.61 Å². The van der Waals surface area contributed by atoms with Crippen LogP contribution >= 0.6 is 11.3 Å². The van der Waals surface area contributed by atoms with Crippen LogP contribution < -0.4 is 0 Å². The van der Waals surface area contributed by atoms with Gasteiger partial charge in [-0.05, 0) is 37.6 Å². The lowest BCUT2D eigenvalue weighted by atomic mass is 10.1. The Morgan fingerprint density at radius 2 is 1.97 bits per heavy atom. The van der Waals surface area contributed by atoms with E-state index in [0.717, 1.165) is 22.1 Å². The van der Waals surface area contributed by atoms with E-state index in [-0.39, 0.29) is 12.4 Å². The van der Waals surface area contributed by atoms with Crippen molar-refractivity contribution in [2.24, 2.45) is 0 Å². The molecule has 0 amide bonds. The third-order valence-corrected chi connectivity index (χ3v) is 5.43. The van der Waals surface area contributed by atoms with Crippen molar-refractivity contribution in [1.29, 1.82) is 0 Å². The molecule has 0 aliphatic carbocycles. The summed E-state index contributed by atoms with van der Waals surface area (Å²) in [5.74, 6) is -0.786. The summed E-state index contributed by atoms with van der Waals surface area (Å²) in [6.45, 7) is 4.01. The topological polar surface area (TPSA) is 91.9 Å². The van der Waals surface area contributed by atoms with Crippen LogP contribution in [0.5, 0.6) is 0 Å². The van der Waals surface area contributed by atoms with Crippen molar-refractivity contribution in [1.82, 2.24) is 24.3 Å². The highest BCUT2D eigenvalue weighted by Gasteiger charge is 2.19. The molecule has 8 nitrogen and oxygen atoms in total. The summed E-state index contributed by atoms with van der Waals surface area (Å²) >= 11 is 1.49. The Morgan fingerprint density at radius 3 is 2.63 bits per heavy atom. The molecule has 152 valence electrons. The number of carbonyl (C=O) groups is 2. The monoisotopic (exact) mass is 421 g/mol. The maximum atomic E-state index is 12.6. The van der Waals surface area contributed by atoms with Crippen molar-refractivity contribution >= 4 is 23.1 Å². The van der Waals surface area contributed by atoms with Gasteiger partial charge < -0.3 is 4.74 Å². The van der Waals surface area contributed by atoms with E-state index in [1.54, 1.807) is 35.4 Å². The van der Waals surface area contributed by atoms with Crippen LogP contribution in [-0.4, -0.2) is 42.7 Å². The van der Waals surface area contributed by atoms with E-state index in [1.165, 1.54) is 17.7 Å². The summed E-state index contributed by atoms with van der Waals surface area (Å²) in [6, 6.07) is 8.79. The highest BCUT2D eigenvalue weighted by molar-refractivity contribution is 7.12. The average molecular weight is 421 g/mol. The standard InChI is InChI=1S/C21H19N5O3S/c1-14-9-18(15(2)26(14)21-23-7-8-30-21)19(27)11-29-20(28)17-5-3-16(4-6-17)10-25-13-22-12-24-25/h3-9,12-13H,10-11H2,1-2H3. The predicted octanol–water partition coefficient (Wildman–Crippen LogP) is 3.23. The molecule has 30 heavy (non-hydrogen) atoms. The van der Waals surface area contributed by atoms with Gasteiger partial charge in [0.25, 0.3) is 0 Å². The van der Waals surface area contributed by atoms with Gasteiger partial charge in [-0.1, -0.05) is 12.1 Å². The number of esters is 1. The number of Topliss-reactive ketones (excluding diaryl/α,β-unsaturated/α-hetero) is 1. The lowest BCUT2D eigenvalue weighted by Gasteiger charge is -2.07. The zero-order valence-corrected chi connectivity index (χ0v) is 17.3. The van der Waals surface area contributed by atoms with Crippen LogP contribution in [0.4, 0.5) is 0 Å². The quantitative estimate of drug-likeness (QED) is 0.336. The number of thiazole rings is 1. The zero-order valence-electron chi connectivity index (χ0n) is 16.5. The predicted molar refractivity (Wildman–Crippen MR) is 111 cm³/mol. The molecule has 3 aromatic heterocycles. The number of benzene rings is 1. The molecule has 0 saturated heterocycles. The minimum Gasteiger partial charge on any atom is -0.454 e. The lowest BCUT2D eigenvalue weighted by molar-refractivity contribution is 0.0474. The first-order valence-electron chi connectivity index (χ1n) is 9.23. The Hall–Kier alpha value is -3.59. The van der Waals surface area contributed by atoms with Crippen LogP contribution in [0, 0.1) is 13.8 Å². The van der Waals surface area contributed by atoms with Crippen molar-refractivity contribution in [3.63, 3.8) is 0 Å². The summed E-state index contributed by atoms with van der Waals surface area (Å²) in [5, 5.41) is 6.73. The maximum absolute atomic E-state index is 12.6. The van der Waals surface area contributed by atoms with Gasteiger partial charge in [0.1, 0.15) is 12.7 Å². The molecule has 3 heterocycles. The van der Waals surface area contributed by atoms with Gasteiger partial charge >= 0.3 is 5.97 Å². The summed E-state index contributed by atoms with van der Waals surface area (Å²) < 4.78 is 8.86. The molecule has 0 radical (unpaired) electrons. The number of carbonyl (C=O) groups excluding carboxylic acids is 2. The molecule has 0 aliphatic rings. The third kappa shape index (κ3) is 4.06. The molecule has 4 aromatic rings. The molecule has 0 N–H and O–H groups in total. The molecule has 4 rings (SSSR count). The Bertz CT molecular complexity index is 1160. The number of aromatic nitrogens is 5. The first-order chi connectivity index (χ1) is 14.5. The van der Waals surface area contributed by atoms with Gasteiger partial charge in [-0.15, -0.1) is 11.3 Å². The minimum atomic E-state index is -0.538. The Morgan fingerprint density at radius 1 is 1.17 bits per heavy atom. The van der Waals surface area contributed by atoms with Crippen LogP contribution in [0.15, 0.2) is 54.6 Å². The molecule has 9 heteroatoms. The molecular formula is C21H19N5O3S. The number of hydrogen-bond donors (Lipinski definition) is 0. The number of hydrogen-bond acceptors (Lipinski definition) is 7. The summed E-state index contributed by atoms with van der Waals surface area (Å²) in [4.78, 5) is 33.2. The second-order valence-corrected chi connectivity index (χ2v) is 7.60. The fourth-order valence-electron chi connectivity index (χ4n) is 3.21. The van der Waals surface area contributed by atoms with Gasteiger partial charge in [0.2, 0.25) is 5.78 Å². The Labute approximate surface area is 176 Å². The third-order valence-electron chi connectivity index (χ3n) is 4.68. The first-order valence-corrected chi connectivity index (χ1v) is 10.1. The zero-order chi connectivity index (χ0) is 21.1. The molecule has 0 atom stereocenters. The van der Waals surface area contributed by atoms with Gasteiger partial charge in [-0.2, -0.15) is 5.10 Å². The molecule has 0 spiro atoms. The normalized spacial score (nSPS) is 10.9. The first kappa shape index (κ1) is 19.7. The van der Waals surface area contributed by atoms with Crippen molar-refractivity contribution < 1.29 is 14.3 Å². The van der Waals surface area contributed by atoms with Crippen LogP contribution in [0.25, 0.3) is 5.13 Å². The number of ketones is 1. The SMILES string of the molecule is Cc1cc(C(=O)COC(=O)c2ccc(Cn3cncn3)cc2)c(C)n1-c1nccs1. The Balaban J connectivity index is 1.39. The Kier molecular flexibility index (Phi) is 5.53. The van der Waals surface area contributed by atoms with Crippen molar-refractivity contribution in [2.45, 2.75) is 20.4 Å². The van der Waals surface area contributed by atoms with E-state index < -0.39 is 5.97 Å². The van der Waals surface area contributed by atoms with Crippen molar-refractivity contribution in [3.8, 4) is 5.13 Å². The molecule has 1 aromatic carbocycles. The van der Waals surface area contributed by atoms with Crippen LogP contribution in [0.2, 0.25) is 0 Å². The molecule has 0 aliphatic heterocycles. The highest BCUT2D eigenvalue weighted by atomic mass is 32.1. The van der Waals surface area contributed by atoms with E-state index in [4.69, 9.17) is 4.74 Å². The van der Waals surface area contributed by atoms with E-state index >= 15 is 0 Å². The number of ether oxygens (including phenoxy) is 1.